The Kier molecular flexibility index (Phi) is 7.73. The summed E-state index contributed by atoms with van der Waals surface area (Å²) in [6, 6.07) is 11.1. The number of thiophene rings is 1. The molecule has 2 amide bonds. The molecule has 0 fully saturated rings. The molecule has 33 heavy (non-hydrogen) atoms. The van der Waals surface area contributed by atoms with Crippen LogP contribution in [-0.4, -0.2) is 29.0 Å². The van der Waals surface area contributed by atoms with Gasteiger partial charge in [-0.15, -0.1) is 11.3 Å². The number of nitro groups is 1. The largest absolute Gasteiger partial charge is 0.455 e. The molecule has 0 radical (unpaired) electrons. The highest BCUT2D eigenvalue weighted by Gasteiger charge is 2.24. The summed E-state index contributed by atoms with van der Waals surface area (Å²) in [7, 11) is 0. The Morgan fingerprint density at radius 1 is 1.24 bits per heavy atom. The number of hydrogen-bond donors (Lipinski definition) is 2. The summed E-state index contributed by atoms with van der Waals surface area (Å²) in [5, 5.41) is 19.7. The van der Waals surface area contributed by atoms with Gasteiger partial charge in [-0.3, -0.25) is 19.7 Å². The first-order valence-electron chi connectivity index (χ1n) is 10.2. The Morgan fingerprint density at radius 3 is 2.70 bits per heavy atom. The molecule has 0 aliphatic rings. The molecular weight excluding hydrogens is 444 g/mol. The number of nitrogens with zero attached hydrogens (tertiary/aromatic N) is 2. The van der Waals surface area contributed by atoms with Gasteiger partial charge >= 0.3 is 0 Å². The van der Waals surface area contributed by atoms with Crippen molar-refractivity contribution in [3.05, 3.63) is 74.2 Å². The number of aryl methyl sites for hydroxylation is 1. The van der Waals surface area contributed by atoms with Crippen LogP contribution >= 0.6 is 11.3 Å². The zero-order valence-corrected chi connectivity index (χ0v) is 19.2. The second kappa shape index (κ2) is 10.7. The average Bonchev–Trinajstić information content (AvgIpc) is 3.44. The topological polar surface area (TPSA) is 127 Å². The third kappa shape index (κ3) is 6.36. The Morgan fingerprint density at radius 2 is 2.03 bits per heavy atom. The van der Waals surface area contributed by atoms with Gasteiger partial charge in [0, 0.05) is 22.1 Å². The van der Waals surface area contributed by atoms with E-state index in [-0.39, 0.29) is 23.9 Å². The van der Waals surface area contributed by atoms with E-state index in [1.165, 1.54) is 23.6 Å². The summed E-state index contributed by atoms with van der Waals surface area (Å²) in [4.78, 5) is 36.4. The van der Waals surface area contributed by atoms with Gasteiger partial charge in [0.05, 0.1) is 17.6 Å². The van der Waals surface area contributed by atoms with E-state index in [4.69, 9.17) is 4.42 Å². The van der Waals surface area contributed by atoms with E-state index in [1.807, 2.05) is 31.4 Å². The van der Waals surface area contributed by atoms with Crippen molar-refractivity contribution in [2.75, 3.05) is 0 Å². The molecule has 2 N–H and O–H groups in total. The summed E-state index contributed by atoms with van der Waals surface area (Å²) >= 11 is 1.48. The fourth-order valence-corrected chi connectivity index (χ4v) is 3.80. The summed E-state index contributed by atoms with van der Waals surface area (Å²) in [6.45, 7) is 5.33. The van der Waals surface area contributed by atoms with Crippen molar-refractivity contribution in [3.63, 3.8) is 0 Å². The maximum absolute atomic E-state index is 12.5. The van der Waals surface area contributed by atoms with E-state index in [9.17, 15) is 19.7 Å². The van der Waals surface area contributed by atoms with Gasteiger partial charge in [0.2, 0.25) is 5.91 Å². The Hall–Kier alpha value is -3.79. The van der Waals surface area contributed by atoms with Gasteiger partial charge in [0.15, 0.2) is 0 Å². The van der Waals surface area contributed by atoms with Crippen LogP contribution in [0.2, 0.25) is 0 Å². The van der Waals surface area contributed by atoms with E-state index in [1.54, 1.807) is 31.2 Å². The first-order chi connectivity index (χ1) is 15.7. The van der Waals surface area contributed by atoms with Crippen molar-refractivity contribution < 1.29 is 18.9 Å². The molecule has 0 aliphatic heterocycles. The van der Waals surface area contributed by atoms with E-state index in [0.29, 0.717) is 22.6 Å². The summed E-state index contributed by atoms with van der Waals surface area (Å²) in [6.07, 6.45) is 1.54. The van der Waals surface area contributed by atoms with E-state index >= 15 is 0 Å². The lowest BCUT2D eigenvalue weighted by Gasteiger charge is -2.20. The van der Waals surface area contributed by atoms with Gasteiger partial charge < -0.3 is 9.73 Å². The molecule has 172 valence electrons. The highest BCUT2D eigenvalue weighted by molar-refractivity contribution is 7.10. The highest BCUT2D eigenvalue weighted by Crippen LogP contribution is 2.27. The number of nitrogens with one attached hydrogen (secondary N) is 2. The second-order valence-electron chi connectivity index (χ2n) is 7.74. The van der Waals surface area contributed by atoms with Gasteiger partial charge in [-0.25, -0.2) is 5.43 Å². The van der Waals surface area contributed by atoms with Crippen molar-refractivity contribution in [3.8, 4) is 11.3 Å². The molecule has 1 atom stereocenters. The average molecular weight is 469 g/mol. The normalized spacial score (nSPS) is 12.1. The lowest BCUT2D eigenvalue weighted by atomic mass is 10.0. The second-order valence-corrected chi connectivity index (χ2v) is 8.77. The standard InChI is InChI=1S/C23H24N4O5S/c1-14(2)22(25-21(28)12-18-5-4-10-33-18)23(29)26-24-13-17-8-9-20(32-17)16-7-6-15(3)19(11-16)27(30)31/h4-11,13-14,22H,12H2,1-3H3,(H,25,28)(H,26,29). The van der Waals surface area contributed by atoms with Gasteiger partial charge in [0.25, 0.3) is 11.6 Å². The lowest BCUT2D eigenvalue weighted by Crippen LogP contribution is -2.49. The minimum atomic E-state index is -0.741. The molecule has 0 bridgehead atoms. The molecule has 3 aromatic rings. The Balaban J connectivity index is 1.61. The van der Waals surface area contributed by atoms with Crippen LogP contribution in [0.4, 0.5) is 5.69 Å². The maximum Gasteiger partial charge on any atom is 0.273 e. The number of carbonyl (C=O) groups is 2. The van der Waals surface area contributed by atoms with Crippen LogP contribution in [0.5, 0.6) is 0 Å². The number of benzene rings is 1. The fourth-order valence-electron chi connectivity index (χ4n) is 3.10. The quantitative estimate of drug-likeness (QED) is 0.278. The number of nitro benzene ring substituents is 1. The summed E-state index contributed by atoms with van der Waals surface area (Å²) in [5.74, 6) is -0.0250. The molecule has 0 saturated carbocycles. The Bertz CT molecular complexity index is 1170. The molecule has 2 heterocycles. The number of carbonyl (C=O) groups excluding carboxylic acids is 2. The molecule has 3 rings (SSSR count). The predicted octanol–water partition coefficient (Wildman–Crippen LogP) is 4.06. The first-order valence-corrected chi connectivity index (χ1v) is 11.1. The number of hydrazone groups is 1. The number of rotatable bonds is 9. The molecule has 0 saturated heterocycles. The fraction of sp³-hybridized carbons (Fsp3) is 0.261. The Labute approximate surface area is 194 Å². The third-order valence-corrected chi connectivity index (χ3v) is 5.74. The lowest BCUT2D eigenvalue weighted by molar-refractivity contribution is -0.385. The van der Waals surface area contributed by atoms with E-state index < -0.39 is 16.9 Å². The van der Waals surface area contributed by atoms with Crippen molar-refractivity contribution in [1.29, 1.82) is 0 Å². The van der Waals surface area contributed by atoms with Crippen LogP contribution < -0.4 is 10.7 Å². The van der Waals surface area contributed by atoms with Crippen molar-refractivity contribution in [1.82, 2.24) is 10.7 Å². The van der Waals surface area contributed by atoms with Crippen LogP contribution in [0, 0.1) is 23.0 Å². The molecule has 1 aromatic carbocycles. The zero-order valence-electron chi connectivity index (χ0n) is 18.4. The number of amides is 2. The van der Waals surface area contributed by atoms with Crippen LogP contribution in [-0.2, 0) is 16.0 Å². The molecule has 1 unspecified atom stereocenters. The summed E-state index contributed by atoms with van der Waals surface area (Å²) < 4.78 is 5.67. The zero-order chi connectivity index (χ0) is 24.0. The minimum absolute atomic E-state index is 0.00670. The SMILES string of the molecule is Cc1ccc(-c2ccc(C=NNC(=O)C(NC(=O)Cc3cccs3)C(C)C)o2)cc1[N+](=O)[O-]. The van der Waals surface area contributed by atoms with Crippen molar-refractivity contribution >= 4 is 35.1 Å². The molecular formula is C23H24N4O5S. The molecule has 10 heteroatoms. The van der Waals surface area contributed by atoms with Crippen molar-refractivity contribution in [2.45, 2.75) is 33.2 Å². The molecule has 0 aliphatic carbocycles. The highest BCUT2D eigenvalue weighted by atomic mass is 32.1. The molecule has 0 spiro atoms. The van der Waals surface area contributed by atoms with Gasteiger partial charge in [-0.05, 0) is 36.4 Å². The van der Waals surface area contributed by atoms with Crippen LogP contribution in [0.25, 0.3) is 11.3 Å². The number of furan rings is 1. The maximum atomic E-state index is 12.5. The first kappa shape index (κ1) is 23.9. The minimum Gasteiger partial charge on any atom is -0.455 e. The van der Waals surface area contributed by atoms with Crippen LogP contribution in [0.15, 0.2) is 57.4 Å². The monoisotopic (exact) mass is 468 g/mol. The summed E-state index contributed by atoms with van der Waals surface area (Å²) in [5.41, 5.74) is 3.55. The van der Waals surface area contributed by atoms with Gasteiger partial charge in [0.1, 0.15) is 17.6 Å². The molecule has 2 aromatic heterocycles. The third-order valence-electron chi connectivity index (χ3n) is 4.86. The molecule has 9 nitrogen and oxygen atoms in total. The number of hydrogen-bond acceptors (Lipinski definition) is 7. The van der Waals surface area contributed by atoms with Gasteiger partial charge in [-0.2, -0.15) is 5.10 Å². The smallest absolute Gasteiger partial charge is 0.273 e. The van der Waals surface area contributed by atoms with Crippen LogP contribution in [0.1, 0.15) is 30.0 Å². The van der Waals surface area contributed by atoms with Crippen molar-refractivity contribution in [2.24, 2.45) is 11.0 Å². The van der Waals surface area contributed by atoms with E-state index in [0.717, 1.165) is 4.88 Å². The van der Waals surface area contributed by atoms with Gasteiger partial charge in [-0.1, -0.05) is 32.0 Å². The van der Waals surface area contributed by atoms with Crippen LogP contribution in [0.3, 0.4) is 0 Å². The predicted molar refractivity (Wildman–Crippen MR) is 126 cm³/mol. The van der Waals surface area contributed by atoms with E-state index in [2.05, 4.69) is 15.8 Å².